The Labute approximate surface area is 131 Å². The molecule has 0 saturated carbocycles. The molecule has 0 bridgehead atoms. The summed E-state index contributed by atoms with van der Waals surface area (Å²) in [5.41, 5.74) is 6.22. The summed E-state index contributed by atoms with van der Waals surface area (Å²) in [5.74, 6) is 5.16. The number of hydrogen-bond donors (Lipinski definition) is 2. The van der Waals surface area contributed by atoms with E-state index in [2.05, 4.69) is 21.4 Å². The van der Waals surface area contributed by atoms with E-state index in [1.807, 2.05) is 32.0 Å². The van der Waals surface area contributed by atoms with Gasteiger partial charge in [0.05, 0.1) is 11.1 Å². The van der Waals surface area contributed by atoms with Gasteiger partial charge in [0.1, 0.15) is 5.82 Å². The molecule has 0 heterocycles. The lowest BCUT2D eigenvalue weighted by Crippen LogP contribution is -2.30. The number of aryl methyl sites for hydroxylation is 2. The summed E-state index contributed by atoms with van der Waals surface area (Å²) in [7, 11) is 0. The molecule has 0 aliphatic heterocycles. The molecule has 1 unspecified atom stereocenters. The standard InChI is InChI=1S/C15H15BrClFN2/c1-8-3-4-10(9(2)7-8)15(20-19)11-5-6-12(16)13(17)14(11)18/h3-7,15,20H,19H2,1-2H3. The van der Waals surface area contributed by atoms with Crippen LogP contribution in [0.25, 0.3) is 0 Å². The molecule has 1 atom stereocenters. The van der Waals surface area contributed by atoms with E-state index in [0.717, 1.165) is 16.7 Å². The first kappa shape index (κ1) is 15.4. The maximum Gasteiger partial charge on any atom is 0.148 e. The van der Waals surface area contributed by atoms with Gasteiger partial charge in [-0.1, -0.05) is 41.4 Å². The lowest BCUT2D eigenvalue weighted by Gasteiger charge is -2.20. The number of nitrogens with one attached hydrogen (secondary N) is 1. The van der Waals surface area contributed by atoms with Gasteiger partial charge in [-0.2, -0.15) is 0 Å². The third-order valence-electron chi connectivity index (χ3n) is 3.28. The Kier molecular flexibility index (Phi) is 4.81. The molecule has 20 heavy (non-hydrogen) atoms. The Bertz CT molecular complexity index is 646. The van der Waals surface area contributed by atoms with Gasteiger partial charge in [0.2, 0.25) is 0 Å². The predicted octanol–water partition coefficient (Wildman–Crippen LogP) is 4.41. The fourth-order valence-electron chi connectivity index (χ4n) is 2.26. The summed E-state index contributed by atoms with van der Waals surface area (Å²) in [4.78, 5) is 0. The Morgan fingerprint density at radius 2 is 1.85 bits per heavy atom. The van der Waals surface area contributed by atoms with Crippen LogP contribution in [0, 0.1) is 19.7 Å². The zero-order valence-corrected chi connectivity index (χ0v) is 13.5. The van der Waals surface area contributed by atoms with Gasteiger partial charge in [0.15, 0.2) is 0 Å². The van der Waals surface area contributed by atoms with Crippen molar-refractivity contribution >= 4 is 27.5 Å². The molecule has 2 aromatic carbocycles. The largest absolute Gasteiger partial charge is 0.271 e. The fraction of sp³-hybridized carbons (Fsp3) is 0.200. The topological polar surface area (TPSA) is 38.0 Å². The highest BCUT2D eigenvalue weighted by Gasteiger charge is 2.21. The zero-order chi connectivity index (χ0) is 14.9. The Balaban J connectivity index is 2.55. The van der Waals surface area contributed by atoms with E-state index in [-0.39, 0.29) is 5.02 Å². The second-order valence-corrected chi connectivity index (χ2v) is 5.96. The van der Waals surface area contributed by atoms with Gasteiger partial charge in [0, 0.05) is 10.0 Å². The normalized spacial score (nSPS) is 12.5. The third-order valence-corrected chi connectivity index (χ3v) is 4.54. The average Bonchev–Trinajstić information content (AvgIpc) is 2.41. The van der Waals surface area contributed by atoms with Crippen LogP contribution < -0.4 is 11.3 Å². The quantitative estimate of drug-likeness (QED) is 0.485. The molecule has 0 amide bonds. The summed E-state index contributed by atoms with van der Waals surface area (Å²) < 4.78 is 14.9. The van der Waals surface area contributed by atoms with Crippen LogP contribution in [0.4, 0.5) is 4.39 Å². The highest BCUT2D eigenvalue weighted by molar-refractivity contribution is 9.10. The van der Waals surface area contributed by atoms with Crippen LogP contribution in [0.3, 0.4) is 0 Å². The first-order chi connectivity index (χ1) is 9.45. The monoisotopic (exact) mass is 356 g/mol. The van der Waals surface area contributed by atoms with Gasteiger partial charge in [-0.25, -0.2) is 9.82 Å². The average molecular weight is 358 g/mol. The van der Waals surface area contributed by atoms with Crippen molar-refractivity contribution in [1.82, 2.24) is 5.43 Å². The predicted molar refractivity (Wildman–Crippen MR) is 84.2 cm³/mol. The second kappa shape index (κ2) is 6.22. The first-order valence-corrected chi connectivity index (χ1v) is 7.29. The van der Waals surface area contributed by atoms with Crippen molar-refractivity contribution in [2.24, 2.45) is 5.84 Å². The second-order valence-electron chi connectivity index (χ2n) is 4.72. The lowest BCUT2D eigenvalue weighted by atomic mass is 9.94. The molecule has 2 rings (SSSR count). The van der Waals surface area contributed by atoms with Gasteiger partial charge in [-0.15, -0.1) is 0 Å². The summed E-state index contributed by atoms with van der Waals surface area (Å²) >= 11 is 9.15. The van der Waals surface area contributed by atoms with Crippen molar-refractivity contribution in [3.63, 3.8) is 0 Å². The molecule has 0 fully saturated rings. The minimum absolute atomic E-state index is 0.0625. The molecule has 2 aromatic rings. The Morgan fingerprint density at radius 3 is 2.45 bits per heavy atom. The van der Waals surface area contributed by atoms with Crippen molar-refractivity contribution in [3.05, 3.63) is 67.9 Å². The molecule has 2 nitrogen and oxygen atoms in total. The molecule has 106 valence electrons. The van der Waals surface area contributed by atoms with E-state index in [4.69, 9.17) is 17.4 Å². The number of rotatable bonds is 3. The van der Waals surface area contributed by atoms with Crippen molar-refractivity contribution in [1.29, 1.82) is 0 Å². The van der Waals surface area contributed by atoms with E-state index in [1.165, 1.54) is 0 Å². The Morgan fingerprint density at radius 1 is 1.20 bits per heavy atom. The number of hydrogen-bond acceptors (Lipinski definition) is 2. The van der Waals surface area contributed by atoms with Crippen LogP contribution in [-0.4, -0.2) is 0 Å². The summed E-state index contributed by atoms with van der Waals surface area (Å²) in [6, 6.07) is 8.92. The maximum absolute atomic E-state index is 14.3. The maximum atomic E-state index is 14.3. The highest BCUT2D eigenvalue weighted by atomic mass is 79.9. The lowest BCUT2D eigenvalue weighted by molar-refractivity contribution is 0.558. The Hall–Kier alpha value is -0.940. The molecule has 0 radical (unpaired) electrons. The summed E-state index contributed by atoms with van der Waals surface area (Å²) in [5, 5.41) is 0.0625. The molecule has 0 aliphatic rings. The van der Waals surface area contributed by atoms with Crippen LogP contribution >= 0.6 is 27.5 Å². The van der Waals surface area contributed by atoms with Crippen molar-refractivity contribution in [3.8, 4) is 0 Å². The van der Waals surface area contributed by atoms with Gasteiger partial charge in [-0.3, -0.25) is 5.84 Å². The number of halogens is 3. The van der Waals surface area contributed by atoms with Gasteiger partial charge in [-0.05, 0) is 47.0 Å². The molecule has 0 aliphatic carbocycles. The molecular weight excluding hydrogens is 343 g/mol. The number of nitrogens with two attached hydrogens (primary N) is 1. The fourth-order valence-corrected chi connectivity index (χ4v) is 2.74. The van der Waals surface area contributed by atoms with Crippen LogP contribution in [0.2, 0.25) is 5.02 Å². The van der Waals surface area contributed by atoms with Crippen molar-refractivity contribution in [2.45, 2.75) is 19.9 Å². The van der Waals surface area contributed by atoms with E-state index in [9.17, 15) is 4.39 Å². The van der Waals surface area contributed by atoms with Crippen LogP contribution in [0.1, 0.15) is 28.3 Å². The molecule has 0 saturated heterocycles. The van der Waals surface area contributed by atoms with E-state index >= 15 is 0 Å². The molecule has 3 N–H and O–H groups in total. The van der Waals surface area contributed by atoms with Gasteiger partial charge < -0.3 is 0 Å². The molecule has 5 heteroatoms. The molecule has 0 spiro atoms. The molecule has 0 aromatic heterocycles. The van der Waals surface area contributed by atoms with Gasteiger partial charge in [0.25, 0.3) is 0 Å². The number of hydrazine groups is 1. The first-order valence-electron chi connectivity index (χ1n) is 6.12. The SMILES string of the molecule is Cc1ccc(C(NN)c2ccc(Br)c(Cl)c2F)c(C)c1. The van der Waals surface area contributed by atoms with Crippen LogP contribution in [0.15, 0.2) is 34.8 Å². The summed E-state index contributed by atoms with van der Waals surface area (Å²) in [6.07, 6.45) is 0. The van der Waals surface area contributed by atoms with E-state index in [1.54, 1.807) is 12.1 Å². The highest BCUT2D eigenvalue weighted by Crippen LogP contribution is 2.33. The smallest absolute Gasteiger partial charge is 0.148 e. The zero-order valence-electron chi connectivity index (χ0n) is 11.2. The molecular formula is C15H15BrClFN2. The van der Waals surface area contributed by atoms with Crippen LogP contribution in [-0.2, 0) is 0 Å². The minimum atomic E-state index is -0.469. The minimum Gasteiger partial charge on any atom is -0.271 e. The van der Waals surface area contributed by atoms with E-state index < -0.39 is 11.9 Å². The van der Waals surface area contributed by atoms with Crippen molar-refractivity contribution in [2.75, 3.05) is 0 Å². The van der Waals surface area contributed by atoms with Crippen LogP contribution in [0.5, 0.6) is 0 Å². The summed E-state index contributed by atoms with van der Waals surface area (Å²) in [6.45, 7) is 3.99. The third kappa shape index (κ3) is 2.88. The van der Waals surface area contributed by atoms with Gasteiger partial charge >= 0.3 is 0 Å². The van der Waals surface area contributed by atoms with E-state index in [0.29, 0.717) is 10.0 Å². The van der Waals surface area contributed by atoms with Crippen molar-refractivity contribution < 1.29 is 4.39 Å². The number of benzene rings is 2.